The second kappa shape index (κ2) is 8.00. The molecule has 0 aromatic carbocycles. The van der Waals surface area contributed by atoms with E-state index in [2.05, 4.69) is 33.4 Å². The van der Waals surface area contributed by atoms with Crippen LogP contribution in [0.5, 0.6) is 0 Å². The second-order valence-corrected chi connectivity index (χ2v) is 8.30. The molecule has 7 heteroatoms. The molecule has 0 amide bonds. The number of aromatic nitrogens is 2. The Morgan fingerprint density at radius 1 is 1.23 bits per heavy atom. The number of methoxy groups -OCH3 is 1. The lowest BCUT2D eigenvalue weighted by Gasteiger charge is -2.36. The van der Waals surface area contributed by atoms with Gasteiger partial charge in [0.15, 0.2) is 5.82 Å². The van der Waals surface area contributed by atoms with Gasteiger partial charge >= 0.3 is 0 Å². The molecule has 26 heavy (non-hydrogen) atoms. The van der Waals surface area contributed by atoms with Crippen LogP contribution in [0.15, 0.2) is 23.6 Å². The van der Waals surface area contributed by atoms with Crippen LogP contribution in [-0.2, 0) is 17.9 Å². The molecule has 4 rings (SSSR count). The number of thiophene rings is 1. The fraction of sp³-hybridized carbons (Fsp3) is 0.579. The van der Waals surface area contributed by atoms with Crippen molar-refractivity contribution in [2.45, 2.75) is 38.0 Å². The molecule has 0 atom stereocenters. The first-order valence-electron chi connectivity index (χ1n) is 9.33. The van der Waals surface area contributed by atoms with Gasteiger partial charge < -0.3 is 15.4 Å². The molecule has 0 spiro atoms. The fourth-order valence-corrected chi connectivity index (χ4v) is 4.48. The lowest BCUT2D eigenvalue weighted by molar-refractivity contribution is 0.177. The van der Waals surface area contributed by atoms with Gasteiger partial charge in [0, 0.05) is 68.4 Å². The fourth-order valence-electron chi connectivity index (χ4n) is 3.73. The lowest BCUT2D eigenvalue weighted by atomic mass is 9.78. The zero-order valence-corrected chi connectivity index (χ0v) is 16.1. The van der Waals surface area contributed by atoms with Gasteiger partial charge in [-0.15, -0.1) is 11.3 Å². The molecule has 2 aromatic rings. The first-order valence-corrected chi connectivity index (χ1v) is 10.2. The molecule has 2 fully saturated rings. The lowest BCUT2D eigenvalue weighted by Crippen LogP contribution is -2.46. The normalized spacial score (nSPS) is 23.8. The Morgan fingerprint density at radius 2 is 2.04 bits per heavy atom. The van der Waals surface area contributed by atoms with Gasteiger partial charge in [-0.2, -0.15) is 0 Å². The van der Waals surface area contributed by atoms with Crippen molar-refractivity contribution in [1.82, 2.24) is 14.9 Å². The van der Waals surface area contributed by atoms with E-state index in [0.717, 1.165) is 62.9 Å². The largest absolute Gasteiger partial charge is 0.377 e. The Morgan fingerprint density at radius 3 is 2.69 bits per heavy atom. The van der Waals surface area contributed by atoms with Gasteiger partial charge in [0.05, 0.1) is 0 Å². The number of nitrogens with two attached hydrogens (primary N) is 1. The van der Waals surface area contributed by atoms with Crippen LogP contribution in [0, 0.1) is 0 Å². The Kier molecular flexibility index (Phi) is 5.49. The van der Waals surface area contributed by atoms with Crippen LogP contribution in [0.25, 0.3) is 0 Å². The van der Waals surface area contributed by atoms with Gasteiger partial charge in [-0.1, -0.05) is 6.07 Å². The molecule has 140 valence electrons. The van der Waals surface area contributed by atoms with Crippen molar-refractivity contribution in [1.29, 1.82) is 0 Å². The van der Waals surface area contributed by atoms with Crippen LogP contribution in [-0.4, -0.2) is 54.2 Å². The summed E-state index contributed by atoms with van der Waals surface area (Å²) in [5.74, 6) is 2.29. The third kappa shape index (κ3) is 4.06. The molecule has 2 aromatic heterocycles. The van der Waals surface area contributed by atoms with Crippen LogP contribution in [0.1, 0.15) is 35.2 Å². The van der Waals surface area contributed by atoms with Crippen molar-refractivity contribution in [3.8, 4) is 0 Å². The third-order valence-electron chi connectivity index (χ3n) is 5.30. The quantitative estimate of drug-likeness (QED) is 0.837. The van der Waals surface area contributed by atoms with Crippen LogP contribution in [0.2, 0.25) is 0 Å². The topological polar surface area (TPSA) is 67.5 Å². The van der Waals surface area contributed by atoms with E-state index < -0.39 is 0 Å². The third-order valence-corrected chi connectivity index (χ3v) is 6.16. The summed E-state index contributed by atoms with van der Waals surface area (Å²) in [7, 11) is 1.69. The summed E-state index contributed by atoms with van der Waals surface area (Å²) in [6.45, 7) is 5.63. The molecule has 1 saturated carbocycles. The molecule has 3 heterocycles. The van der Waals surface area contributed by atoms with Crippen molar-refractivity contribution in [2.24, 2.45) is 5.73 Å². The summed E-state index contributed by atoms with van der Waals surface area (Å²) in [6, 6.07) is 6.84. The Bertz CT molecular complexity index is 709. The average molecular weight is 374 g/mol. The molecule has 1 aliphatic carbocycles. The van der Waals surface area contributed by atoms with Gasteiger partial charge in [0.2, 0.25) is 0 Å². The van der Waals surface area contributed by atoms with Crippen molar-refractivity contribution >= 4 is 17.2 Å². The summed E-state index contributed by atoms with van der Waals surface area (Å²) in [6.07, 6.45) is 2.05. The SMILES string of the molecule is COCc1nc(C2CC(N)C2)cc(N2CCN(Cc3cccs3)CC2)n1. The van der Waals surface area contributed by atoms with Gasteiger partial charge in [-0.3, -0.25) is 4.90 Å². The van der Waals surface area contributed by atoms with E-state index in [9.17, 15) is 0 Å². The zero-order valence-electron chi connectivity index (χ0n) is 15.3. The molecule has 2 N–H and O–H groups in total. The van der Waals surface area contributed by atoms with Crippen molar-refractivity contribution in [3.63, 3.8) is 0 Å². The summed E-state index contributed by atoms with van der Waals surface area (Å²) in [5, 5.41) is 2.15. The molecule has 2 aliphatic rings. The highest BCUT2D eigenvalue weighted by atomic mass is 32.1. The zero-order chi connectivity index (χ0) is 17.9. The number of ether oxygens (including phenoxy) is 1. The van der Waals surface area contributed by atoms with Crippen LogP contribution >= 0.6 is 11.3 Å². The maximum absolute atomic E-state index is 5.97. The molecule has 1 saturated heterocycles. The maximum Gasteiger partial charge on any atom is 0.156 e. The Hall–Kier alpha value is -1.54. The van der Waals surface area contributed by atoms with Crippen LogP contribution in [0.3, 0.4) is 0 Å². The molecular weight excluding hydrogens is 346 g/mol. The monoisotopic (exact) mass is 373 g/mol. The number of rotatable bonds is 6. The highest BCUT2D eigenvalue weighted by molar-refractivity contribution is 7.09. The van der Waals surface area contributed by atoms with Gasteiger partial charge in [-0.25, -0.2) is 9.97 Å². The van der Waals surface area contributed by atoms with E-state index in [0.29, 0.717) is 18.6 Å². The minimum atomic E-state index is 0.324. The molecular formula is C19H27N5OS. The highest BCUT2D eigenvalue weighted by Crippen LogP contribution is 2.35. The molecule has 0 radical (unpaired) electrons. The van der Waals surface area contributed by atoms with Crippen molar-refractivity contribution in [2.75, 3.05) is 38.2 Å². The van der Waals surface area contributed by atoms with E-state index in [-0.39, 0.29) is 0 Å². The maximum atomic E-state index is 5.97. The van der Waals surface area contributed by atoms with Crippen molar-refractivity contribution < 1.29 is 4.74 Å². The number of hydrogen-bond donors (Lipinski definition) is 1. The summed E-state index contributed by atoms with van der Waals surface area (Å²) < 4.78 is 5.28. The van der Waals surface area contributed by atoms with Gasteiger partial charge in [0.25, 0.3) is 0 Å². The minimum absolute atomic E-state index is 0.324. The standard InChI is InChI=1S/C19H27N5OS/c1-25-13-18-21-17(14-9-15(20)10-14)11-19(22-18)24-6-4-23(5-7-24)12-16-3-2-8-26-16/h2-3,8,11,14-15H,4-7,9-10,12-13,20H2,1H3. The Labute approximate surface area is 159 Å². The highest BCUT2D eigenvalue weighted by Gasteiger charge is 2.30. The first-order chi connectivity index (χ1) is 12.7. The van der Waals surface area contributed by atoms with Gasteiger partial charge in [-0.05, 0) is 24.3 Å². The second-order valence-electron chi connectivity index (χ2n) is 7.27. The van der Waals surface area contributed by atoms with Crippen LogP contribution in [0.4, 0.5) is 5.82 Å². The number of anilines is 1. The number of nitrogens with zero attached hydrogens (tertiary/aromatic N) is 4. The molecule has 1 aliphatic heterocycles. The van der Waals surface area contributed by atoms with E-state index in [1.165, 1.54) is 4.88 Å². The molecule has 6 nitrogen and oxygen atoms in total. The number of piperazine rings is 1. The summed E-state index contributed by atoms with van der Waals surface area (Å²) >= 11 is 1.84. The van der Waals surface area contributed by atoms with E-state index in [1.807, 2.05) is 11.3 Å². The van der Waals surface area contributed by atoms with E-state index >= 15 is 0 Å². The smallest absolute Gasteiger partial charge is 0.156 e. The first kappa shape index (κ1) is 17.9. The molecule has 0 unspecified atom stereocenters. The van der Waals surface area contributed by atoms with Crippen LogP contribution < -0.4 is 10.6 Å². The number of hydrogen-bond acceptors (Lipinski definition) is 7. The average Bonchev–Trinajstić information content (AvgIpc) is 3.13. The predicted molar refractivity (Wildman–Crippen MR) is 105 cm³/mol. The van der Waals surface area contributed by atoms with Gasteiger partial charge in [0.1, 0.15) is 12.4 Å². The van der Waals surface area contributed by atoms with Crippen molar-refractivity contribution in [3.05, 3.63) is 40.0 Å². The van der Waals surface area contributed by atoms with E-state index in [4.69, 9.17) is 20.4 Å². The minimum Gasteiger partial charge on any atom is -0.377 e. The summed E-state index contributed by atoms with van der Waals surface area (Å²) in [4.78, 5) is 15.8. The van der Waals surface area contributed by atoms with E-state index in [1.54, 1.807) is 7.11 Å². The molecule has 0 bridgehead atoms. The predicted octanol–water partition coefficient (Wildman–Crippen LogP) is 2.21. The Balaban J connectivity index is 1.43. The summed E-state index contributed by atoms with van der Waals surface area (Å²) in [5.41, 5.74) is 7.10.